The molecule has 0 spiro atoms. The van der Waals surface area contributed by atoms with Gasteiger partial charge in [-0.05, 0) is 55.0 Å². The van der Waals surface area contributed by atoms with Crippen molar-refractivity contribution in [2.75, 3.05) is 24.2 Å². The Labute approximate surface area is 160 Å². The lowest BCUT2D eigenvalue weighted by atomic mass is 10.2. The molecule has 2 N–H and O–H groups in total. The molecule has 0 saturated heterocycles. The van der Waals surface area contributed by atoms with Crippen molar-refractivity contribution < 1.29 is 14.4 Å². The smallest absolute Gasteiger partial charge is 0.254 e. The fourth-order valence-electron chi connectivity index (χ4n) is 2.36. The van der Waals surface area contributed by atoms with Gasteiger partial charge < -0.3 is 15.5 Å². The Morgan fingerprint density at radius 3 is 2.27 bits per heavy atom. The summed E-state index contributed by atoms with van der Waals surface area (Å²) in [6.07, 6.45) is 0. The molecule has 2 aromatic carbocycles. The molecule has 0 bridgehead atoms. The normalized spacial score (nSPS) is 10.2. The lowest BCUT2D eigenvalue weighted by Gasteiger charge is -2.17. The molecule has 0 radical (unpaired) electrons. The van der Waals surface area contributed by atoms with Gasteiger partial charge >= 0.3 is 0 Å². The van der Waals surface area contributed by atoms with Gasteiger partial charge in [0.05, 0.1) is 6.54 Å². The summed E-state index contributed by atoms with van der Waals surface area (Å²) in [6.45, 7) is 3.24. The van der Waals surface area contributed by atoms with E-state index in [0.717, 1.165) is 10.0 Å². The molecule has 26 heavy (non-hydrogen) atoms. The molecule has 0 heterocycles. The van der Waals surface area contributed by atoms with E-state index in [9.17, 15) is 14.4 Å². The van der Waals surface area contributed by atoms with Gasteiger partial charge in [0.2, 0.25) is 11.8 Å². The molecule has 0 aliphatic carbocycles. The van der Waals surface area contributed by atoms with Crippen LogP contribution in [-0.4, -0.2) is 36.2 Å². The second-order valence-electron chi connectivity index (χ2n) is 5.93. The van der Waals surface area contributed by atoms with Gasteiger partial charge in [0.15, 0.2) is 0 Å². The van der Waals surface area contributed by atoms with Gasteiger partial charge in [-0.3, -0.25) is 14.4 Å². The molecule has 0 atom stereocenters. The van der Waals surface area contributed by atoms with Crippen LogP contribution in [0.4, 0.5) is 11.4 Å². The maximum atomic E-state index is 12.4. The lowest BCUT2D eigenvalue weighted by molar-refractivity contribution is -0.116. The van der Waals surface area contributed by atoms with Crippen LogP contribution in [-0.2, 0) is 9.59 Å². The van der Waals surface area contributed by atoms with Gasteiger partial charge in [0.25, 0.3) is 5.91 Å². The van der Waals surface area contributed by atoms with E-state index in [1.807, 2.05) is 19.1 Å². The Bertz CT molecular complexity index is 834. The molecule has 0 fully saturated rings. The summed E-state index contributed by atoms with van der Waals surface area (Å²) in [7, 11) is 1.57. The Morgan fingerprint density at radius 1 is 1.04 bits per heavy atom. The monoisotopic (exact) mass is 417 g/mol. The van der Waals surface area contributed by atoms with E-state index >= 15 is 0 Å². The number of nitrogens with one attached hydrogen (secondary N) is 2. The van der Waals surface area contributed by atoms with E-state index < -0.39 is 0 Å². The topological polar surface area (TPSA) is 78.5 Å². The second kappa shape index (κ2) is 8.62. The number of benzene rings is 2. The maximum absolute atomic E-state index is 12.4. The standard InChI is InChI=1S/C19H20BrN3O3/c1-12-10-15(20)6-9-17(12)22-18(25)11-23(3)19(26)14-4-7-16(8-5-14)21-13(2)24/h4-10H,11H2,1-3H3,(H,21,24)(H,22,25). The summed E-state index contributed by atoms with van der Waals surface area (Å²) in [6, 6.07) is 12.1. The van der Waals surface area contributed by atoms with E-state index in [4.69, 9.17) is 0 Å². The van der Waals surface area contributed by atoms with Crippen molar-refractivity contribution in [1.82, 2.24) is 4.90 Å². The Balaban J connectivity index is 1.97. The molecule has 0 unspecified atom stereocenters. The molecule has 0 saturated carbocycles. The lowest BCUT2D eigenvalue weighted by Crippen LogP contribution is -2.35. The molecule has 3 amide bonds. The minimum atomic E-state index is -0.277. The zero-order chi connectivity index (χ0) is 19.3. The fourth-order valence-corrected chi connectivity index (χ4v) is 2.84. The van der Waals surface area contributed by atoms with Crippen LogP contribution >= 0.6 is 15.9 Å². The van der Waals surface area contributed by atoms with Crippen LogP contribution < -0.4 is 10.6 Å². The van der Waals surface area contributed by atoms with Crippen LogP contribution in [0, 0.1) is 6.92 Å². The van der Waals surface area contributed by atoms with E-state index in [0.29, 0.717) is 16.9 Å². The van der Waals surface area contributed by atoms with Crippen LogP contribution in [0.1, 0.15) is 22.8 Å². The summed E-state index contributed by atoms with van der Waals surface area (Å²) in [5, 5.41) is 5.44. The number of rotatable bonds is 5. The molecule has 0 aliphatic rings. The third kappa shape index (κ3) is 5.42. The number of hydrogen-bond acceptors (Lipinski definition) is 3. The van der Waals surface area contributed by atoms with Gasteiger partial charge in [-0.2, -0.15) is 0 Å². The molecule has 7 heteroatoms. The first kappa shape index (κ1) is 19.7. The highest BCUT2D eigenvalue weighted by atomic mass is 79.9. The van der Waals surface area contributed by atoms with Gasteiger partial charge in [0, 0.05) is 35.4 Å². The second-order valence-corrected chi connectivity index (χ2v) is 6.84. The Morgan fingerprint density at radius 2 is 1.69 bits per heavy atom. The Kier molecular flexibility index (Phi) is 6.52. The highest BCUT2D eigenvalue weighted by Crippen LogP contribution is 2.20. The van der Waals surface area contributed by atoms with E-state index in [1.54, 1.807) is 37.4 Å². The summed E-state index contributed by atoms with van der Waals surface area (Å²) in [5.74, 6) is -0.732. The predicted octanol–water partition coefficient (Wildman–Crippen LogP) is 3.43. The third-order valence-electron chi connectivity index (χ3n) is 3.64. The van der Waals surface area contributed by atoms with Crippen molar-refractivity contribution in [3.05, 3.63) is 58.1 Å². The van der Waals surface area contributed by atoms with E-state index in [1.165, 1.54) is 11.8 Å². The highest BCUT2D eigenvalue weighted by molar-refractivity contribution is 9.10. The number of amides is 3. The van der Waals surface area contributed by atoms with Crippen LogP contribution in [0.3, 0.4) is 0 Å². The van der Waals surface area contributed by atoms with Gasteiger partial charge in [0.1, 0.15) is 0 Å². The first-order valence-corrected chi connectivity index (χ1v) is 8.74. The van der Waals surface area contributed by atoms with Crippen molar-refractivity contribution in [2.45, 2.75) is 13.8 Å². The molecule has 2 rings (SSSR count). The predicted molar refractivity (Wildman–Crippen MR) is 105 cm³/mol. The largest absolute Gasteiger partial charge is 0.332 e. The first-order chi connectivity index (χ1) is 12.3. The van der Waals surface area contributed by atoms with Crippen molar-refractivity contribution in [3.8, 4) is 0 Å². The Hall–Kier alpha value is -2.67. The quantitative estimate of drug-likeness (QED) is 0.781. The average molecular weight is 418 g/mol. The van der Waals surface area contributed by atoms with Crippen LogP contribution in [0.5, 0.6) is 0 Å². The number of anilines is 2. The number of aryl methyl sites for hydroxylation is 1. The van der Waals surface area contributed by atoms with Crippen molar-refractivity contribution >= 4 is 45.0 Å². The number of nitrogens with zero attached hydrogens (tertiary/aromatic N) is 1. The zero-order valence-corrected chi connectivity index (χ0v) is 16.4. The van der Waals surface area contributed by atoms with Crippen LogP contribution in [0.25, 0.3) is 0 Å². The average Bonchev–Trinajstić information content (AvgIpc) is 2.57. The number of halogens is 1. The van der Waals surface area contributed by atoms with Crippen molar-refractivity contribution in [1.29, 1.82) is 0 Å². The van der Waals surface area contributed by atoms with Crippen LogP contribution in [0.2, 0.25) is 0 Å². The van der Waals surface area contributed by atoms with E-state index in [2.05, 4.69) is 26.6 Å². The SMILES string of the molecule is CC(=O)Nc1ccc(C(=O)N(C)CC(=O)Nc2ccc(Br)cc2C)cc1. The molecule has 0 aromatic heterocycles. The molecular formula is C19H20BrN3O3. The fraction of sp³-hybridized carbons (Fsp3) is 0.211. The number of carbonyl (C=O) groups excluding carboxylic acids is 3. The third-order valence-corrected chi connectivity index (χ3v) is 4.14. The summed E-state index contributed by atoms with van der Waals surface area (Å²) >= 11 is 3.38. The van der Waals surface area contributed by atoms with Gasteiger partial charge in [-0.25, -0.2) is 0 Å². The number of hydrogen-bond donors (Lipinski definition) is 2. The minimum absolute atomic E-state index is 0.0677. The van der Waals surface area contributed by atoms with Crippen molar-refractivity contribution in [2.24, 2.45) is 0 Å². The summed E-state index contributed by atoms with van der Waals surface area (Å²) in [5.41, 5.74) is 2.68. The molecule has 2 aromatic rings. The highest BCUT2D eigenvalue weighted by Gasteiger charge is 2.15. The summed E-state index contributed by atoms with van der Waals surface area (Å²) in [4.78, 5) is 37.0. The molecule has 136 valence electrons. The van der Waals surface area contributed by atoms with Crippen molar-refractivity contribution in [3.63, 3.8) is 0 Å². The van der Waals surface area contributed by atoms with Gasteiger partial charge in [-0.1, -0.05) is 15.9 Å². The number of likely N-dealkylation sites (N-methyl/N-ethyl adjacent to an activating group) is 1. The molecular weight excluding hydrogens is 398 g/mol. The maximum Gasteiger partial charge on any atom is 0.254 e. The van der Waals surface area contributed by atoms with Gasteiger partial charge in [-0.15, -0.1) is 0 Å². The number of carbonyl (C=O) groups is 3. The molecule has 6 nitrogen and oxygen atoms in total. The minimum Gasteiger partial charge on any atom is -0.332 e. The van der Waals surface area contributed by atoms with Crippen LogP contribution in [0.15, 0.2) is 46.9 Å². The van der Waals surface area contributed by atoms with E-state index in [-0.39, 0.29) is 24.3 Å². The molecule has 0 aliphatic heterocycles. The first-order valence-electron chi connectivity index (χ1n) is 7.95. The zero-order valence-electron chi connectivity index (χ0n) is 14.8. The summed E-state index contributed by atoms with van der Waals surface area (Å²) < 4.78 is 0.933.